The lowest BCUT2D eigenvalue weighted by Gasteiger charge is -2.34. The van der Waals surface area contributed by atoms with Crippen molar-refractivity contribution in [3.63, 3.8) is 0 Å². The molecule has 1 aliphatic rings. The van der Waals surface area contributed by atoms with Crippen LogP contribution < -0.4 is 15.4 Å². The number of nitrogens with zero attached hydrogens (tertiary/aromatic N) is 2. The molecule has 0 spiro atoms. The number of aromatic nitrogens is 1. The Morgan fingerprint density at radius 3 is 3.10 bits per heavy atom. The first-order chi connectivity index (χ1) is 9.63. The van der Waals surface area contributed by atoms with E-state index >= 15 is 0 Å². The summed E-state index contributed by atoms with van der Waals surface area (Å²) in [6.45, 7) is 4.98. The SMILES string of the molecule is CNC(=O)C1CNCCN1Cc1cc(OC)cc(C)n1. The Hall–Kier alpha value is -1.66. The molecule has 20 heavy (non-hydrogen) atoms. The molecular weight excluding hydrogens is 256 g/mol. The predicted octanol–water partition coefficient (Wildman–Crippen LogP) is -0.0816. The van der Waals surface area contributed by atoms with Crippen molar-refractivity contribution in [3.05, 3.63) is 23.5 Å². The third kappa shape index (κ3) is 3.46. The molecule has 1 saturated heterocycles. The number of likely N-dealkylation sites (N-methyl/N-ethyl adjacent to an activating group) is 1. The summed E-state index contributed by atoms with van der Waals surface area (Å²) in [4.78, 5) is 18.6. The van der Waals surface area contributed by atoms with Crippen molar-refractivity contribution in [2.75, 3.05) is 33.8 Å². The van der Waals surface area contributed by atoms with Crippen LogP contribution in [0.2, 0.25) is 0 Å². The number of rotatable bonds is 4. The summed E-state index contributed by atoms with van der Waals surface area (Å²) in [7, 11) is 3.32. The molecule has 1 unspecified atom stereocenters. The molecule has 0 radical (unpaired) electrons. The van der Waals surface area contributed by atoms with Crippen molar-refractivity contribution >= 4 is 5.91 Å². The van der Waals surface area contributed by atoms with E-state index in [4.69, 9.17) is 4.74 Å². The first-order valence-electron chi connectivity index (χ1n) is 6.82. The van der Waals surface area contributed by atoms with Crippen LogP contribution in [0.1, 0.15) is 11.4 Å². The minimum absolute atomic E-state index is 0.0387. The van der Waals surface area contributed by atoms with Crippen LogP contribution in [0.15, 0.2) is 12.1 Å². The van der Waals surface area contributed by atoms with Gasteiger partial charge >= 0.3 is 0 Å². The standard InChI is InChI=1S/C14H22N4O2/c1-10-6-12(20-3)7-11(17-10)9-18-5-4-16-8-13(18)14(19)15-2/h6-7,13,16H,4-5,8-9H2,1-3H3,(H,15,19). The van der Waals surface area contributed by atoms with Gasteiger partial charge in [-0.05, 0) is 6.92 Å². The smallest absolute Gasteiger partial charge is 0.238 e. The normalized spacial score (nSPS) is 19.6. The van der Waals surface area contributed by atoms with E-state index in [1.54, 1.807) is 14.2 Å². The van der Waals surface area contributed by atoms with Crippen LogP contribution in [0.4, 0.5) is 0 Å². The molecule has 2 heterocycles. The molecule has 1 amide bonds. The summed E-state index contributed by atoms with van der Waals surface area (Å²) < 4.78 is 5.27. The molecule has 1 aromatic heterocycles. The van der Waals surface area contributed by atoms with Gasteiger partial charge in [-0.3, -0.25) is 14.7 Å². The molecule has 2 N–H and O–H groups in total. The van der Waals surface area contributed by atoms with Crippen LogP contribution in [0.3, 0.4) is 0 Å². The summed E-state index contributed by atoms with van der Waals surface area (Å²) in [5, 5.41) is 5.97. The Bertz CT molecular complexity index is 478. The lowest BCUT2D eigenvalue weighted by atomic mass is 10.1. The summed E-state index contributed by atoms with van der Waals surface area (Å²) in [5.41, 5.74) is 1.85. The maximum atomic E-state index is 11.9. The highest BCUT2D eigenvalue weighted by molar-refractivity contribution is 5.81. The first kappa shape index (κ1) is 14.7. The monoisotopic (exact) mass is 278 g/mol. The number of hydrogen-bond donors (Lipinski definition) is 2. The Morgan fingerprint density at radius 1 is 1.60 bits per heavy atom. The molecular formula is C14H22N4O2. The third-order valence-corrected chi connectivity index (χ3v) is 3.48. The number of carbonyl (C=O) groups excluding carboxylic acids is 1. The highest BCUT2D eigenvalue weighted by Gasteiger charge is 2.28. The van der Waals surface area contributed by atoms with Gasteiger partial charge in [0.2, 0.25) is 5.91 Å². The maximum Gasteiger partial charge on any atom is 0.238 e. The van der Waals surface area contributed by atoms with E-state index in [0.29, 0.717) is 13.1 Å². The van der Waals surface area contributed by atoms with E-state index in [-0.39, 0.29) is 11.9 Å². The molecule has 110 valence electrons. The van der Waals surface area contributed by atoms with Gasteiger partial charge in [0.15, 0.2) is 0 Å². The van der Waals surface area contributed by atoms with Gasteiger partial charge in [0.1, 0.15) is 11.8 Å². The summed E-state index contributed by atoms with van der Waals surface area (Å²) in [6, 6.07) is 3.68. The molecule has 2 rings (SSSR count). The molecule has 0 bridgehead atoms. The number of ether oxygens (including phenoxy) is 1. The fourth-order valence-electron chi connectivity index (χ4n) is 2.47. The molecule has 1 fully saturated rings. The second-order valence-electron chi connectivity index (χ2n) is 4.94. The molecule has 1 aromatic rings. The number of nitrogens with one attached hydrogen (secondary N) is 2. The number of pyridine rings is 1. The van der Waals surface area contributed by atoms with E-state index in [1.165, 1.54) is 0 Å². The highest BCUT2D eigenvalue weighted by atomic mass is 16.5. The van der Waals surface area contributed by atoms with Crippen LogP contribution >= 0.6 is 0 Å². The van der Waals surface area contributed by atoms with Gasteiger partial charge in [0, 0.05) is 51.1 Å². The number of piperazine rings is 1. The fourth-order valence-corrected chi connectivity index (χ4v) is 2.47. The van der Waals surface area contributed by atoms with Crippen LogP contribution in [0, 0.1) is 6.92 Å². The Morgan fingerprint density at radius 2 is 2.40 bits per heavy atom. The fraction of sp³-hybridized carbons (Fsp3) is 0.571. The van der Waals surface area contributed by atoms with E-state index < -0.39 is 0 Å². The Balaban J connectivity index is 2.14. The van der Waals surface area contributed by atoms with E-state index in [9.17, 15) is 4.79 Å². The minimum atomic E-state index is -0.151. The van der Waals surface area contributed by atoms with Gasteiger partial charge in [0.05, 0.1) is 12.8 Å². The van der Waals surface area contributed by atoms with E-state index in [2.05, 4.69) is 20.5 Å². The van der Waals surface area contributed by atoms with Crippen LogP contribution in [-0.2, 0) is 11.3 Å². The zero-order chi connectivity index (χ0) is 14.5. The van der Waals surface area contributed by atoms with Crippen LogP contribution in [0.5, 0.6) is 5.75 Å². The summed E-state index contributed by atoms with van der Waals surface area (Å²) >= 11 is 0. The zero-order valence-electron chi connectivity index (χ0n) is 12.3. The van der Waals surface area contributed by atoms with E-state index in [0.717, 1.165) is 30.2 Å². The van der Waals surface area contributed by atoms with Crippen molar-refractivity contribution < 1.29 is 9.53 Å². The van der Waals surface area contributed by atoms with Crippen molar-refractivity contribution in [2.24, 2.45) is 0 Å². The summed E-state index contributed by atoms with van der Waals surface area (Å²) in [6.07, 6.45) is 0. The molecule has 6 heteroatoms. The molecule has 1 atom stereocenters. The minimum Gasteiger partial charge on any atom is -0.497 e. The van der Waals surface area contributed by atoms with Crippen molar-refractivity contribution in [3.8, 4) is 5.75 Å². The van der Waals surface area contributed by atoms with Crippen molar-refractivity contribution in [2.45, 2.75) is 19.5 Å². The topological polar surface area (TPSA) is 66.5 Å². The van der Waals surface area contributed by atoms with Gasteiger partial charge in [-0.2, -0.15) is 0 Å². The predicted molar refractivity (Wildman–Crippen MR) is 76.7 cm³/mol. The van der Waals surface area contributed by atoms with Crippen molar-refractivity contribution in [1.82, 2.24) is 20.5 Å². The highest BCUT2D eigenvalue weighted by Crippen LogP contribution is 2.16. The maximum absolute atomic E-state index is 11.9. The van der Waals surface area contributed by atoms with Gasteiger partial charge in [-0.1, -0.05) is 0 Å². The zero-order valence-corrected chi connectivity index (χ0v) is 12.3. The molecule has 0 aliphatic carbocycles. The van der Waals surface area contributed by atoms with E-state index in [1.807, 2.05) is 19.1 Å². The molecule has 0 aromatic carbocycles. The quantitative estimate of drug-likeness (QED) is 0.806. The first-order valence-corrected chi connectivity index (χ1v) is 6.82. The van der Waals surface area contributed by atoms with Gasteiger partial charge in [-0.25, -0.2) is 0 Å². The molecule has 1 aliphatic heterocycles. The number of carbonyl (C=O) groups is 1. The van der Waals surface area contributed by atoms with Gasteiger partial charge < -0.3 is 15.4 Å². The largest absolute Gasteiger partial charge is 0.497 e. The number of hydrogen-bond acceptors (Lipinski definition) is 5. The van der Waals surface area contributed by atoms with Gasteiger partial charge in [-0.15, -0.1) is 0 Å². The Kier molecular flexibility index (Phi) is 4.92. The average Bonchev–Trinajstić information content (AvgIpc) is 2.46. The second-order valence-corrected chi connectivity index (χ2v) is 4.94. The van der Waals surface area contributed by atoms with Gasteiger partial charge in [0.25, 0.3) is 0 Å². The summed E-state index contributed by atoms with van der Waals surface area (Å²) in [5.74, 6) is 0.843. The number of aryl methyl sites for hydroxylation is 1. The number of methoxy groups -OCH3 is 1. The molecule has 6 nitrogen and oxygen atoms in total. The van der Waals surface area contributed by atoms with Crippen molar-refractivity contribution in [1.29, 1.82) is 0 Å². The van der Waals surface area contributed by atoms with Crippen LogP contribution in [0.25, 0.3) is 0 Å². The lowest BCUT2D eigenvalue weighted by Crippen LogP contribution is -2.56. The second kappa shape index (κ2) is 6.67. The average molecular weight is 278 g/mol. The Labute approximate surface area is 119 Å². The molecule has 0 saturated carbocycles. The lowest BCUT2D eigenvalue weighted by molar-refractivity contribution is -0.126. The van der Waals surface area contributed by atoms with Crippen LogP contribution in [-0.4, -0.2) is 55.6 Å². The number of amides is 1. The third-order valence-electron chi connectivity index (χ3n) is 3.48.